The Kier molecular flexibility index (Phi) is 3.10. The van der Waals surface area contributed by atoms with Crippen molar-refractivity contribution < 1.29 is 9.90 Å². The number of hydrogen-bond acceptors (Lipinski definition) is 2. The van der Waals surface area contributed by atoms with E-state index in [0.29, 0.717) is 5.92 Å². The topological polar surface area (TPSA) is 55.1 Å². The number of imidazole rings is 1. The van der Waals surface area contributed by atoms with Crippen LogP contribution in [0.25, 0.3) is 0 Å². The predicted molar refractivity (Wildman–Crippen MR) is 67.7 cm³/mol. The number of nitrogens with zero attached hydrogens (tertiary/aromatic N) is 2. The second kappa shape index (κ2) is 4.75. The fraction of sp³-hybridized carbons (Fsp3) is 0.714. The quantitative estimate of drug-likeness (QED) is 0.875. The Bertz CT molecular complexity index is 447. The van der Waals surface area contributed by atoms with Crippen molar-refractivity contribution in [2.45, 2.75) is 63.3 Å². The third kappa shape index (κ3) is 2.04. The zero-order chi connectivity index (χ0) is 12.5. The lowest BCUT2D eigenvalue weighted by atomic mass is 9.87. The molecule has 1 N–H and O–H groups in total. The highest BCUT2D eigenvalue weighted by atomic mass is 16.4. The van der Waals surface area contributed by atoms with Crippen molar-refractivity contribution in [3.63, 3.8) is 0 Å². The van der Waals surface area contributed by atoms with Crippen LogP contribution in [-0.4, -0.2) is 20.6 Å². The van der Waals surface area contributed by atoms with E-state index in [4.69, 9.17) is 0 Å². The van der Waals surface area contributed by atoms with Crippen molar-refractivity contribution in [1.82, 2.24) is 9.55 Å². The van der Waals surface area contributed by atoms with E-state index in [1.165, 1.54) is 32.1 Å². The molecule has 0 radical (unpaired) electrons. The van der Waals surface area contributed by atoms with Crippen LogP contribution in [0.5, 0.6) is 0 Å². The highest BCUT2D eigenvalue weighted by Crippen LogP contribution is 2.34. The van der Waals surface area contributed by atoms with Crippen LogP contribution >= 0.6 is 0 Å². The molecule has 3 rings (SSSR count). The van der Waals surface area contributed by atoms with Gasteiger partial charge in [0.2, 0.25) is 0 Å². The third-order valence-corrected chi connectivity index (χ3v) is 4.35. The number of aromatic nitrogens is 2. The maximum Gasteiger partial charge on any atom is 0.314 e. The molecule has 1 aromatic rings. The summed E-state index contributed by atoms with van der Waals surface area (Å²) >= 11 is 0. The van der Waals surface area contributed by atoms with Gasteiger partial charge < -0.3 is 9.67 Å². The van der Waals surface area contributed by atoms with Gasteiger partial charge in [0.15, 0.2) is 0 Å². The van der Waals surface area contributed by atoms with Gasteiger partial charge in [-0.15, -0.1) is 0 Å². The highest BCUT2D eigenvalue weighted by molar-refractivity contribution is 5.75. The Labute approximate surface area is 107 Å². The smallest absolute Gasteiger partial charge is 0.314 e. The fourth-order valence-electron chi connectivity index (χ4n) is 3.33. The Balaban J connectivity index is 1.88. The molecule has 1 atom stereocenters. The van der Waals surface area contributed by atoms with Gasteiger partial charge in [-0.25, -0.2) is 4.98 Å². The summed E-state index contributed by atoms with van der Waals surface area (Å²) in [5, 5.41) is 9.25. The second-order valence-electron chi connectivity index (χ2n) is 5.59. The van der Waals surface area contributed by atoms with Crippen LogP contribution in [0, 0.1) is 0 Å². The maximum absolute atomic E-state index is 11.2. The molecule has 0 bridgehead atoms. The van der Waals surface area contributed by atoms with E-state index < -0.39 is 11.9 Å². The molecule has 1 aliphatic heterocycles. The van der Waals surface area contributed by atoms with Crippen LogP contribution in [0.15, 0.2) is 6.20 Å². The number of aryl methyl sites for hydroxylation is 1. The molecular formula is C14H20N2O2. The molecule has 2 aliphatic rings. The molecular weight excluding hydrogens is 228 g/mol. The Morgan fingerprint density at radius 2 is 2.00 bits per heavy atom. The van der Waals surface area contributed by atoms with Crippen molar-refractivity contribution in [3.8, 4) is 0 Å². The highest BCUT2D eigenvalue weighted by Gasteiger charge is 2.30. The minimum atomic E-state index is -0.725. The summed E-state index contributed by atoms with van der Waals surface area (Å²) in [4.78, 5) is 15.9. The maximum atomic E-state index is 11.2. The van der Waals surface area contributed by atoms with Crippen molar-refractivity contribution in [2.75, 3.05) is 0 Å². The Hall–Kier alpha value is -1.32. The molecule has 1 saturated carbocycles. The monoisotopic (exact) mass is 248 g/mol. The lowest BCUT2D eigenvalue weighted by molar-refractivity contribution is -0.139. The number of carbonyl (C=O) groups is 1. The average Bonchev–Trinajstić information content (AvgIpc) is 2.83. The van der Waals surface area contributed by atoms with Gasteiger partial charge >= 0.3 is 5.97 Å². The van der Waals surface area contributed by atoms with Crippen LogP contribution in [0.1, 0.15) is 68.3 Å². The SMILES string of the molecule is O=C(O)C1CCCn2cc(C3CCCCC3)nc21. The zero-order valence-electron chi connectivity index (χ0n) is 10.6. The van der Waals surface area contributed by atoms with Crippen LogP contribution in [0.4, 0.5) is 0 Å². The minimum Gasteiger partial charge on any atom is -0.481 e. The van der Waals surface area contributed by atoms with Gasteiger partial charge in [0.1, 0.15) is 11.7 Å². The molecule has 1 aliphatic carbocycles. The van der Waals surface area contributed by atoms with Gasteiger partial charge in [0, 0.05) is 18.7 Å². The number of fused-ring (bicyclic) bond motifs is 1. The van der Waals surface area contributed by atoms with Crippen molar-refractivity contribution in [3.05, 3.63) is 17.7 Å². The van der Waals surface area contributed by atoms with Crippen molar-refractivity contribution >= 4 is 5.97 Å². The number of carboxylic acid groups (broad SMARTS) is 1. The summed E-state index contributed by atoms with van der Waals surface area (Å²) in [5.74, 6) is 0.230. The summed E-state index contributed by atoms with van der Waals surface area (Å²) in [6.07, 6.45) is 10.1. The van der Waals surface area contributed by atoms with Gasteiger partial charge in [-0.2, -0.15) is 0 Å². The van der Waals surface area contributed by atoms with E-state index in [0.717, 1.165) is 30.9 Å². The standard InChI is InChI=1S/C14H20N2O2/c17-14(18)11-7-4-8-16-9-12(15-13(11)16)10-5-2-1-3-6-10/h9-11H,1-8H2,(H,17,18). The van der Waals surface area contributed by atoms with E-state index in [1.54, 1.807) is 0 Å². The number of rotatable bonds is 2. The van der Waals surface area contributed by atoms with Gasteiger partial charge in [0.05, 0.1) is 5.69 Å². The fourth-order valence-corrected chi connectivity index (χ4v) is 3.33. The first kappa shape index (κ1) is 11.8. The van der Waals surface area contributed by atoms with E-state index >= 15 is 0 Å². The Morgan fingerprint density at radius 1 is 1.22 bits per heavy atom. The van der Waals surface area contributed by atoms with E-state index in [2.05, 4.69) is 15.7 Å². The molecule has 2 heterocycles. The lowest BCUT2D eigenvalue weighted by Crippen LogP contribution is -2.22. The largest absolute Gasteiger partial charge is 0.481 e. The van der Waals surface area contributed by atoms with Gasteiger partial charge in [-0.3, -0.25) is 4.79 Å². The van der Waals surface area contributed by atoms with Crippen LogP contribution in [0.3, 0.4) is 0 Å². The molecule has 0 amide bonds. The van der Waals surface area contributed by atoms with Crippen molar-refractivity contribution in [2.24, 2.45) is 0 Å². The van der Waals surface area contributed by atoms with Crippen LogP contribution in [-0.2, 0) is 11.3 Å². The van der Waals surface area contributed by atoms with E-state index in [9.17, 15) is 9.90 Å². The van der Waals surface area contributed by atoms with Crippen LogP contribution in [0.2, 0.25) is 0 Å². The molecule has 1 unspecified atom stereocenters. The second-order valence-corrected chi connectivity index (χ2v) is 5.59. The minimum absolute atomic E-state index is 0.393. The first-order valence-corrected chi connectivity index (χ1v) is 7.05. The zero-order valence-corrected chi connectivity index (χ0v) is 10.6. The van der Waals surface area contributed by atoms with Gasteiger partial charge in [0.25, 0.3) is 0 Å². The molecule has 0 saturated heterocycles. The summed E-state index contributed by atoms with van der Waals surface area (Å²) in [6.45, 7) is 0.929. The first-order chi connectivity index (χ1) is 8.75. The average molecular weight is 248 g/mol. The number of carboxylic acids is 1. The van der Waals surface area contributed by atoms with E-state index in [1.807, 2.05) is 0 Å². The molecule has 18 heavy (non-hydrogen) atoms. The van der Waals surface area contributed by atoms with Crippen LogP contribution < -0.4 is 0 Å². The van der Waals surface area contributed by atoms with Gasteiger partial charge in [-0.05, 0) is 25.7 Å². The molecule has 1 fully saturated rings. The molecule has 4 heteroatoms. The summed E-state index contributed by atoms with van der Waals surface area (Å²) < 4.78 is 2.08. The molecule has 0 spiro atoms. The predicted octanol–water partition coefficient (Wildman–Crippen LogP) is 2.89. The van der Waals surface area contributed by atoms with Crippen molar-refractivity contribution in [1.29, 1.82) is 0 Å². The molecule has 98 valence electrons. The summed E-state index contributed by atoms with van der Waals surface area (Å²) in [5.41, 5.74) is 1.14. The lowest BCUT2D eigenvalue weighted by Gasteiger charge is -2.19. The number of aliphatic carboxylic acids is 1. The van der Waals surface area contributed by atoms with Gasteiger partial charge in [-0.1, -0.05) is 19.3 Å². The first-order valence-electron chi connectivity index (χ1n) is 7.05. The molecule has 1 aromatic heterocycles. The Morgan fingerprint density at radius 3 is 2.72 bits per heavy atom. The summed E-state index contributed by atoms with van der Waals surface area (Å²) in [6, 6.07) is 0. The number of hydrogen-bond donors (Lipinski definition) is 1. The van der Waals surface area contributed by atoms with E-state index in [-0.39, 0.29) is 0 Å². The third-order valence-electron chi connectivity index (χ3n) is 4.35. The molecule has 0 aromatic carbocycles. The summed E-state index contributed by atoms with van der Waals surface area (Å²) in [7, 11) is 0. The molecule has 4 nitrogen and oxygen atoms in total. The normalized spacial score (nSPS) is 24.8.